The highest BCUT2D eigenvalue weighted by Gasteiger charge is 2.25. The van der Waals surface area contributed by atoms with Gasteiger partial charge in [-0.15, -0.1) is 0 Å². The third kappa shape index (κ3) is 5.98. The summed E-state index contributed by atoms with van der Waals surface area (Å²) in [4.78, 5) is 14.9. The Morgan fingerprint density at radius 2 is 2.11 bits per heavy atom. The van der Waals surface area contributed by atoms with Gasteiger partial charge in [-0.3, -0.25) is 9.69 Å². The Morgan fingerprint density at radius 1 is 1.25 bits per heavy atom. The largest absolute Gasteiger partial charge is 0.497 e. The third-order valence-electron chi connectivity index (χ3n) is 5.30. The molecule has 1 fully saturated rings. The molecule has 1 amide bonds. The molecule has 0 unspecified atom stereocenters. The number of nitrogens with zero attached hydrogens (tertiary/aromatic N) is 1. The molecule has 1 saturated heterocycles. The minimum absolute atomic E-state index is 0.0630. The summed E-state index contributed by atoms with van der Waals surface area (Å²) in [5.74, 6) is 1.12. The normalized spacial score (nSPS) is 17.3. The number of nitrogens with one attached hydrogen (secondary N) is 1. The lowest BCUT2D eigenvalue weighted by molar-refractivity contribution is -0.126. The van der Waals surface area contributed by atoms with Gasteiger partial charge in [-0.2, -0.15) is 0 Å². The summed E-state index contributed by atoms with van der Waals surface area (Å²) < 4.78 is 5.26. The van der Waals surface area contributed by atoms with Crippen LogP contribution < -0.4 is 10.1 Å². The lowest BCUT2D eigenvalue weighted by Gasteiger charge is -2.32. The van der Waals surface area contributed by atoms with Crippen molar-refractivity contribution in [1.29, 1.82) is 0 Å². The van der Waals surface area contributed by atoms with Crippen LogP contribution in [0.15, 0.2) is 48.5 Å². The maximum absolute atomic E-state index is 12.6. The molecule has 2 aromatic carbocycles. The number of hydrogen-bond acceptors (Lipinski definition) is 3. The van der Waals surface area contributed by atoms with Gasteiger partial charge in [-0.25, -0.2) is 0 Å². The van der Waals surface area contributed by atoms with Crippen LogP contribution in [-0.2, 0) is 17.8 Å². The Hall–Kier alpha value is -2.04. The van der Waals surface area contributed by atoms with Gasteiger partial charge in [-0.1, -0.05) is 41.9 Å². The maximum atomic E-state index is 12.6. The van der Waals surface area contributed by atoms with Gasteiger partial charge in [0, 0.05) is 24.7 Å². The number of aryl methyl sites for hydroxylation is 1. The van der Waals surface area contributed by atoms with Crippen LogP contribution in [0, 0.1) is 5.92 Å². The Kier molecular flexibility index (Phi) is 7.75. The van der Waals surface area contributed by atoms with Crippen molar-refractivity contribution < 1.29 is 9.53 Å². The van der Waals surface area contributed by atoms with E-state index in [0.717, 1.165) is 61.7 Å². The van der Waals surface area contributed by atoms with Gasteiger partial charge >= 0.3 is 0 Å². The van der Waals surface area contributed by atoms with E-state index in [9.17, 15) is 4.79 Å². The van der Waals surface area contributed by atoms with Crippen LogP contribution >= 0.6 is 11.6 Å². The maximum Gasteiger partial charge on any atom is 0.224 e. The van der Waals surface area contributed by atoms with Gasteiger partial charge in [0.25, 0.3) is 0 Å². The van der Waals surface area contributed by atoms with Crippen LogP contribution in [0.1, 0.15) is 30.4 Å². The topological polar surface area (TPSA) is 41.6 Å². The van der Waals surface area contributed by atoms with E-state index >= 15 is 0 Å². The zero-order valence-corrected chi connectivity index (χ0v) is 17.3. The first-order valence-electron chi connectivity index (χ1n) is 10.0. The van der Waals surface area contributed by atoms with Crippen molar-refractivity contribution in [3.63, 3.8) is 0 Å². The quantitative estimate of drug-likeness (QED) is 0.671. The van der Waals surface area contributed by atoms with Gasteiger partial charge in [0.2, 0.25) is 5.91 Å². The van der Waals surface area contributed by atoms with Crippen LogP contribution in [0.4, 0.5) is 0 Å². The molecule has 0 radical (unpaired) electrons. The highest BCUT2D eigenvalue weighted by Crippen LogP contribution is 2.22. The van der Waals surface area contributed by atoms with E-state index in [-0.39, 0.29) is 11.8 Å². The predicted octanol–water partition coefficient (Wildman–Crippen LogP) is 4.31. The van der Waals surface area contributed by atoms with Crippen molar-refractivity contribution >= 4 is 17.5 Å². The fourth-order valence-electron chi connectivity index (χ4n) is 3.76. The molecule has 0 spiro atoms. The summed E-state index contributed by atoms with van der Waals surface area (Å²) in [5, 5.41) is 3.92. The number of piperidine rings is 1. The number of benzene rings is 2. The molecular formula is C23H29ClN2O2. The summed E-state index contributed by atoms with van der Waals surface area (Å²) >= 11 is 6.28. The lowest BCUT2D eigenvalue weighted by Crippen LogP contribution is -2.43. The highest BCUT2D eigenvalue weighted by atomic mass is 35.5. The van der Waals surface area contributed by atoms with Gasteiger partial charge < -0.3 is 10.1 Å². The molecule has 1 N–H and O–H groups in total. The number of hydrogen-bond donors (Lipinski definition) is 1. The fraction of sp³-hybridized carbons (Fsp3) is 0.435. The second-order valence-electron chi connectivity index (χ2n) is 7.41. The Bertz CT molecular complexity index is 781. The first-order chi connectivity index (χ1) is 13.7. The number of amides is 1. The number of methoxy groups -OCH3 is 1. The van der Waals surface area contributed by atoms with E-state index in [2.05, 4.69) is 28.4 Å². The van der Waals surface area contributed by atoms with Crippen molar-refractivity contribution in [2.75, 3.05) is 26.7 Å². The molecule has 1 aliphatic heterocycles. The molecule has 4 nitrogen and oxygen atoms in total. The molecule has 28 heavy (non-hydrogen) atoms. The van der Waals surface area contributed by atoms with E-state index in [1.165, 1.54) is 5.56 Å². The van der Waals surface area contributed by atoms with Crippen LogP contribution in [0.2, 0.25) is 5.02 Å². The van der Waals surface area contributed by atoms with Crippen molar-refractivity contribution in [1.82, 2.24) is 10.2 Å². The molecule has 1 heterocycles. The van der Waals surface area contributed by atoms with E-state index in [4.69, 9.17) is 16.3 Å². The van der Waals surface area contributed by atoms with Crippen molar-refractivity contribution in [3.8, 4) is 5.75 Å². The number of halogens is 1. The highest BCUT2D eigenvalue weighted by molar-refractivity contribution is 6.31. The number of carbonyl (C=O) groups excluding carboxylic acids is 1. The van der Waals surface area contributed by atoms with E-state index in [1.54, 1.807) is 7.11 Å². The molecule has 2 aromatic rings. The summed E-state index contributed by atoms with van der Waals surface area (Å²) in [5.41, 5.74) is 2.36. The van der Waals surface area contributed by atoms with Crippen LogP contribution in [0.25, 0.3) is 0 Å². The Balaban J connectivity index is 1.42. The van der Waals surface area contributed by atoms with Crippen LogP contribution in [0.3, 0.4) is 0 Å². The van der Waals surface area contributed by atoms with Gasteiger partial charge in [0.05, 0.1) is 13.0 Å². The molecule has 0 aliphatic carbocycles. The standard InChI is InChI=1S/C23H29ClN2O2/c1-28-21-11-4-7-18(15-21)8-5-13-25-23(27)20-10-6-14-26(17-20)16-19-9-2-3-12-22(19)24/h2-4,7,9,11-12,15,20H,5-6,8,10,13-14,16-17H2,1H3,(H,25,27)/t20-/m1/s1. The van der Waals surface area contributed by atoms with Gasteiger partial charge in [0.15, 0.2) is 0 Å². The van der Waals surface area contributed by atoms with E-state index < -0.39 is 0 Å². The number of rotatable bonds is 8. The minimum atomic E-state index is 0.0630. The van der Waals surface area contributed by atoms with Crippen molar-refractivity contribution in [2.24, 2.45) is 5.92 Å². The van der Waals surface area contributed by atoms with Gasteiger partial charge in [-0.05, 0) is 61.6 Å². The van der Waals surface area contributed by atoms with Crippen LogP contribution in [0.5, 0.6) is 5.75 Å². The molecule has 1 aliphatic rings. The first-order valence-corrected chi connectivity index (χ1v) is 10.4. The third-order valence-corrected chi connectivity index (χ3v) is 5.67. The fourth-order valence-corrected chi connectivity index (χ4v) is 3.95. The summed E-state index contributed by atoms with van der Waals surface area (Å²) in [7, 11) is 1.68. The Labute approximate surface area is 172 Å². The zero-order chi connectivity index (χ0) is 19.8. The molecular weight excluding hydrogens is 372 g/mol. The SMILES string of the molecule is COc1cccc(CCCNC(=O)[C@@H]2CCCN(Cc3ccccc3Cl)C2)c1. The Morgan fingerprint density at radius 3 is 2.93 bits per heavy atom. The van der Waals surface area contributed by atoms with Crippen LogP contribution in [-0.4, -0.2) is 37.6 Å². The van der Waals surface area contributed by atoms with E-state index in [1.807, 2.05) is 30.3 Å². The minimum Gasteiger partial charge on any atom is -0.497 e. The number of ether oxygens (including phenoxy) is 1. The zero-order valence-electron chi connectivity index (χ0n) is 16.5. The average molecular weight is 401 g/mol. The monoisotopic (exact) mass is 400 g/mol. The molecule has 3 rings (SSSR count). The molecule has 0 bridgehead atoms. The molecule has 0 aromatic heterocycles. The smallest absolute Gasteiger partial charge is 0.224 e. The summed E-state index contributed by atoms with van der Waals surface area (Å²) in [6.45, 7) is 3.33. The second kappa shape index (κ2) is 10.5. The summed E-state index contributed by atoms with van der Waals surface area (Å²) in [6, 6.07) is 16.0. The van der Waals surface area contributed by atoms with Gasteiger partial charge in [0.1, 0.15) is 5.75 Å². The lowest BCUT2D eigenvalue weighted by atomic mass is 9.96. The second-order valence-corrected chi connectivity index (χ2v) is 7.82. The van der Waals surface area contributed by atoms with E-state index in [0.29, 0.717) is 6.54 Å². The summed E-state index contributed by atoms with van der Waals surface area (Å²) in [6.07, 6.45) is 3.86. The number of likely N-dealkylation sites (tertiary alicyclic amines) is 1. The predicted molar refractivity (Wildman–Crippen MR) is 114 cm³/mol. The average Bonchev–Trinajstić information content (AvgIpc) is 2.73. The number of carbonyl (C=O) groups is 1. The molecule has 0 saturated carbocycles. The molecule has 1 atom stereocenters. The van der Waals surface area contributed by atoms with Crippen molar-refractivity contribution in [3.05, 3.63) is 64.7 Å². The first kappa shape index (κ1) is 20.7. The molecule has 5 heteroatoms. The molecule has 150 valence electrons. The van der Waals surface area contributed by atoms with Crippen molar-refractivity contribution in [2.45, 2.75) is 32.2 Å².